The van der Waals surface area contributed by atoms with E-state index in [1.54, 1.807) is 18.4 Å². The maximum atomic E-state index is 5.26. The lowest BCUT2D eigenvalue weighted by molar-refractivity contribution is 0.0732. The molecule has 5 nitrogen and oxygen atoms in total. The van der Waals surface area contributed by atoms with Gasteiger partial charge in [0.25, 0.3) is 0 Å². The summed E-state index contributed by atoms with van der Waals surface area (Å²) in [6, 6.07) is 0. The fourth-order valence-corrected chi connectivity index (χ4v) is 3.45. The topological polar surface area (TPSA) is 58.5 Å². The second-order valence-electron chi connectivity index (χ2n) is 6.01. The molecule has 1 heterocycles. The number of aryl methyl sites for hydroxylation is 1. The van der Waals surface area contributed by atoms with E-state index in [-0.39, 0.29) is 24.0 Å². The predicted molar refractivity (Wildman–Crippen MR) is 108 cm³/mol. The molecule has 7 heteroatoms. The fourth-order valence-electron chi connectivity index (χ4n) is 2.75. The molecule has 2 rings (SSSR count). The zero-order valence-corrected chi connectivity index (χ0v) is 17.5. The van der Waals surface area contributed by atoms with Crippen molar-refractivity contribution in [3.63, 3.8) is 0 Å². The highest BCUT2D eigenvalue weighted by Gasteiger charge is 2.36. The van der Waals surface area contributed by atoms with Gasteiger partial charge >= 0.3 is 0 Å². The molecule has 0 radical (unpaired) electrons. The van der Waals surface area contributed by atoms with Gasteiger partial charge in [-0.1, -0.05) is 6.42 Å². The van der Waals surface area contributed by atoms with Crippen LogP contribution >= 0.6 is 35.3 Å². The van der Waals surface area contributed by atoms with E-state index in [0.717, 1.165) is 37.8 Å². The highest BCUT2D eigenvalue weighted by molar-refractivity contribution is 14.0. The summed E-state index contributed by atoms with van der Waals surface area (Å²) in [5, 5.41) is 6.86. The third kappa shape index (κ3) is 6.19. The molecule has 0 unspecified atom stereocenters. The number of hydrogen-bond acceptors (Lipinski definition) is 4. The monoisotopic (exact) mass is 452 g/mol. The lowest BCUT2D eigenvalue weighted by Gasteiger charge is -2.42. The molecule has 1 saturated carbocycles. The molecule has 0 aliphatic heterocycles. The lowest BCUT2D eigenvalue weighted by atomic mass is 9.67. The Hall–Kier alpha value is -0.410. The summed E-state index contributed by atoms with van der Waals surface area (Å²) in [5.74, 6) is 0.902. The molecule has 23 heavy (non-hydrogen) atoms. The summed E-state index contributed by atoms with van der Waals surface area (Å²) < 4.78 is 5.26. The first-order chi connectivity index (χ1) is 10.7. The van der Waals surface area contributed by atoms with E-state index in [4.69, 9.17) is 9.73 Å². The molecule has 1 aromatic heterocycles. The van der Waals surface area contributed by atoms with Crippen molar-refractivity contribution >= 4 is 41.3 Å². The third-order valence-electron chi connectivity index (χ3n) is 4.45. The molecule has 1 fully saturated rings. The van der Waals surface area contributed by atoms with Crippen LogP contribution in [0.25, 0.3) is 0 Å². The summed E-state index contributed by atoms with van der Waals surface area (Å²) in [7, 11) is 1.78. The Bertz CT molecular complexity index is 488. The van der Waals surface area contributed by atoms with E-state index in [0.29, 0.717) is 12.0 Å². The molecule has 0 amide bonds. The minimum Gasteiger partial charge on any atom is -0.385 e. The molecular formula is C16H29IN4OS. The number of rotatable bonds is 8. The maximum absolute atomic E-state index is 5.26. The maximum Gasteiger partial charge on any atom is 0.191 e. The largest absolute Gasteiger partial charge is 0.385 e. The molecule has 1 aliphatic carbocycles. The molecular weight excluding hydrogens is 423 g/mol. The van der Waals surface area contributed by atoms with E-state index in [1.807, 2.05) is 12.4 Å². The van der Waals surface area contributed by atoms with Crippen LogP contribution in [-0.2, 0) is 11.3 Å². The van der Waals surface area contributed by atoms with Gasteiger partial charge in [-0.05, 0) is 38.5 Å². The molecule has 0 saturated heterocycles. The van der Waals surface area contributed by atoms with Crippen LogP contribution in [0.15, 0.2) is 10.5 Å². The normalized spacial score (nSPS) is 16.4. The number of nitrogens with zero attached hydrogens (tertiary/aromatic N) is 2. The number of halogens is 1. The van der Waals surface area contributed by atoms with E-state index in [9.17, 15) is 0 Å². The quantitative estimate of drug-likeness (QED) is 0.361. The number of hydrogen-bond donors (Lipinski definition) is 2. The Balaban J connectivity index is 0.00000264. The van der Waals surface area contributed by atoms with Gasteiger partial charge in [-0.15, -0.1) is 35.3 Å². The Morgan fingerprint density at radius 2 is 2.22 bits per heavy atom. The lowest BCUT2D eigenvalue weighted by Crippen LogP contribution is -2.46. The Labute approximate surface area is 160 Å². The second kappa shape index (κ2) is 10.5. The summed E-state index contributed by atoms with van der Waals surface area (Å²) in [6.45, 7) is 7.52. The van der Waals surface area contributed by atoms with Crippen molar-refractivity contribution in [2.45, 2.75) is 46.1 Å². The summed E-state index contributed by atoms with van der Waals surface area (Å²) >= 11 is 1.67. The first-order valence-electron chi connectivity index (χ1n) is 8.09. The highest BCUT2D eigenvalue weighted by Crippen LogP contribution is 2.43. The number of aliphatic imine (C=N–C) groups is 1. The number of methoxy groups -OCH3 is 1. The van der Waals surface area contributed by atoms with Gasteiger partial charge in [0, 0.05) is 31.7 Å². The number of aromatic nitrogens is 1. The average Bonchev–Trinajstić information content (AvgIpc) is 2.88. The SMILES string of the molecule is CCNC(=NCc1scnc1C)NCC1(CCOC)CCC1.I. The number of ether oxygens (including phenoxy) is 1. The molecule has 0 aromatic carbocycles. The van der Waals surface area contributed by atoms with Gasteiger partial charge in [0.15, 0.2) is 5.96 Å². The molecule has 132 valence electrons. The summed E-state index contributed by atoms with van der Waals surface area (Å²) in [5.41, 5.74) is 3.36. The number of nitrogens with one attached hydrogen (secondary N) is 2. The van der Waals surface area contributed by atoms with Crippen LogP contribution in [0.1, 0.15) is 43.2 Å². The van der Waals surface area contributed by atoms with Gasteiger partial charge < -0.3 is 15.4 Å². The third-order valence-corrected chi connectivity index (χ3v) is 5.37. The Morgan fingerprint density at radius 1 is 1.43 bits per heavy atom. The van der Waals surface area contributed by atoms with Crippen molar-refractivity contribution < 1.29 is 4.74 Å². The average molecular weight is 452 g/mol. The van der Waals surface area contributed by atoms with Crippen LogP contribution in [-0.4, -0.2) is 37.7 Å². The standard InChI is InChI=1S/C16H28N4OS.HI/c1-4-17-15(18-10-14-13(2)20-12-22-14)19-11-16(6-5-7-16)8-9-21-3;/h12H,4-11H2,1-3H3,(H2,17,18,19);1H. The number of thiazole rings is 1. The van der Waals surface area contributed by atoms with E-state index < -0.39 is 0 Å². The van der Waals surface area contributed by atoms with Gasteiger partial charge in [0.1, 0.15) is 0 Å². The van der Waals surface area contributed by atoms with E-state index in [1.165, 1.54) is 24.1 Å². The zero-order valence-electron chi connectivity index (χ0n) is 14.4. The minimum atomic E-state index is 0. The molecule has 0 bridgehead atoms. The minimum absolute atomic E-state index is 0. The fraction of sp³-hybridized carbons (Fsp3) is 0.750. The highest BCUT2D eigenvalue weighted by atomic mass is 127. The predicted octanol–water partition coefficient (Wildman–Crippen LogP) is 3.33. The first kappa shape index (κ1) is 20.6. The summed E-state index contributed by atoms with van der Waals surface area (Å²) in [6.07, 6.45) is 5.04. The van der Waals surface area contributed by atoms with Crippen molar-refractivity contribution in [1.82, 2.24) is 15.6 Å². The van der Waals surface area contributed by atoms with E-state index in [2.05, 4.69) is 22.5 Å². The van der Waals surface area contributed by atoms with Gasteiger partial charge in [-0.3, -0.25) is 0 Å². The van der Waals surface area contributed by atoms with Crippen molar-refractivity contribution in [2.75, 3.05) is 26.8 Å². The zero-order chi connectivity index (χ0) is 15.8. The van der Waals surface area contributed by atoms with Crippen LogP contribution in [0, 0.1) is 12.3 Å². The molecule has 0 atom stereocenters. The Morgan fingerprint density at radius 3 is 2.74 bits per heavy atom. The first-order valence-corrected chi connectivity index (χ1v) is 8.97. The second-order valence-corrected chi connectivity index (χ2v) is 6.95. The van der Waals surface area contributed by atoms with Gasteiger partial charge in [-0.25, -0.2) is 9.98 Å². The molecule has 1 aromatic rings. The van der Waals surface area contributed by atoms with Crippen LogP contribution < -0.4 is 10.6 Å². The molecule has 0 spiro atoms. The van der Waals surface area contributed by atoms with Gasteiger partial charge in [0.05, 0.1) is 17.7 Å². The summed E-state index contributed by atoms with van der Waals surface area (Å²) in [4.78, 5) is 10.2. The van der Waals surface area contributed by atoms with Crippen molar-refractivity contribution in [1.29, 1.82) is 0 Å². The van der Waals surface area contributed by atoms with Gasteiger partial charge in [-0.2, -0.15) is 0 Å². The smallest absolute Gasteiger partial charge is 0.191 e. The number of guanidine groups is 1. The van der Waals surface area contributed by atoms with Crippen LogP contribution in [0.4, 0.5) is 0 Å². The molecule has 1 aliphatic rings. The van der Waals surface area contributed by atoms with Gasteiger partial charge in [0.2, 0.25) is 0 Å². The van der Waals surface area contributed by atoms with E-state index >= 15 is 0 Å². The van der Waals surface area contributed by atoms with Crippen LogP contribution in [0.5, 0.6) is 0 Å². The molecule has 2 N–H and O–H groups in total. The van der Waals surface area contributed by atoms with Crippen LogP contribution in [0.3, 0.4) is 0 Å². The van der Waals surface area contributed by atoms with Crippen molar-refractivity contribution in [2.24, 2.45) is 10.4 Å². The Kier molecular flexibility index (Phi) is 9.38. The van der Waals surface area contributed by atoms with Crippen molar-refractivity contribution in [3.05, 3.63) is 16.1 Å². The van der Waals surface area contributed by atoms with Crippen LogP contribution in [0.2, 0.25) is 0 Å². The van der Waals surface area contributed by atoms with Crippen molar-refractivity contribution in [3.8, 4) is 0 Å².